The minimum absolute atomic E-state index is 0. The lowest BCUT2D eigenvalue weighted by Gasteiger charge is -2.39. The summed E-state index contributed by atoms with van der Waals surface area (Å²) in [6.45, 7) is 11.5. The Morgan fingerprint density at radius 1 is 1.40 bits per heavy atom. The second-order valence-corrected chi connectivity index (χ2v) is 8.86. The quantitative estimate of drug-likeness (QED) is 0.411. The van der Waals surface area contributed by atoms with Crippen molar-refractivity contribution in [3.8, 4) is 5.75 Å². The molecule has 2 aliphatic heterocycles. The zero-order valence-corrected chi connectivity index (χ0v) is 18.7. The molecule has 2 aliphatic rings. The van der Waals surface area contributed by atoms with Crippen LogP contribution in [-0.4, -0.2) is 54.1 Å². The van der Waals surface area contributed by atoms with Crippen LogP contribution in [0, 0.1) is 0 Å². The van der Waals surface area contributed by atoms with Crippen LogP contribution in [0.1, 0.15) is 31.9 Å². The fourth-order valence-electron chi connectivity index (χ4n) is 3.31. The van der Waals surface area contributed by atoms with Gasteiger partial charge in [-0.05, 0) is 44.4 Å². The summed E-state index contributed by atoms with van der Waals surface area (Å²) in [6.07, 6.45) is 2.02. The van der Waals surface area contributed by atoms with Gasteiger partial charge in [-0.2, -0.15) is 11.8 Å². The van der Waals surface area contributed by atoms with E-state index in [1.807, 2.05) is 0 Å². The minimum Gasteiger partial charge on any atom is -0.493 e. The number of fused-ring (bicyclic) bond motifs is 1. The van der Waals surface area contributed by atoms with Gasteiger partial charge in [0.15, 0.2) is 5.96 Å². The average Bonchev–Trinajstić information content (AvgIpc) is 3.01. The van der Waals surface area contributed by atoms with Crippen molar-refractivity contribution in [2.24, 2.45) is 4.99 Å². The third kappa shape index (κ3) is 5.67. The Morgan fingerprint density at radius 3 is 3.00 bits per heavy atom. The van der Waals surface area contributed by atoms with Gasteiger partial charge in [0, 0.05) is 43.1 Å². The fourth-order valence-corrected chi connectivity index (χ4v) is 4.42. The van der Waals surface area contributed by atoms with E-state index in [9.17, 15) is 0 Å². The van der Waals surface area contributed by atoms with Crippen molar-refractivity contribution < 1.29 is 4.74 Å². The van der Waals surface area contributed by atoms with Crippen LogP contribution in [0.15, 0.2) is 23.2 Å². The lowest BCUT2D eigenvalue weighted by molar-refractivity contribution is 0.357. The molecule has 0 atom stereocenters. The highest BCUT2D eigenvalue weighted by atomic mass is 127. The Morgan fingerprint density at radius 2 is 2.24 bits per heavy atom. The molecule has 25 heavy (non-hydrogen) atoms. The number of hydrogen-bond donors (Lipinski definition) is 1. The van der Waals surface area contributed by atoms with Gasteiger partial charge in [-0.1, -0.05) is 12.1 Å². The van der Waals surface area contributed by atoms with Crippen LogP contribution in [0.4, 0.5) is 0 Å². The van der Waals surface area contributed by atoms with Crippen molar-refractivity contribution in [3.05, 3.63) is 29.3 Å². The predicted molar refractivity (Wildman–Crippen MR) is 119 cm³/mol. The van der Waals surface area contributed by atoms with Crippen LogP contribution in [-0.2, 0) is 12.8 Å². The first-order valence-corrected chi connectivity index (χ1v) is 9.98. The molecule has 1 fully saturated rings. The Kier molecular flexibility index (Phi) is 7.73. The molecule has 0 unspecified atom stereocenters. The van der Waals surface area contributed by atoms with E-state index >= 15 is 0 Å². The van der Waals surface area contributed by atoms with Crippen LogP contribution in [0.3, 0.4) is 0 Å². The number of hydrogen-bond acceptors (Lipinski definition) is 3. The largest absolute Gasteiger partial charge is 0.493 e. The fraction of sp³-hybridized carbons (Fsp3) is 0.632. The van der Waals surface area contributed by atoms with Crippen LogP contribution < -0.4 is 10.1 Å². The van der Waals surface area contributed by atoms with E-state index in [0.29, 0.717) is 4.75 Å². The molecule has 1 aromatic carbocycles. The van der Waals surface area contributed by atoms with Gasteiger partial charge in [0.25, 0.3) is 0 Å². The van der Waals surface area contributed by atoms with Crippen LogP contribution >= 0.6 is 35.7 Å². The second kappa shape index (κ2) is 9.35. The SMILES string of the molecule is CCNC(=NCCc1ccc2c(c1)CCO2)N1CCSC(C)(C)C1.I. The van der Waals surface area contributed by atoms with Crippen LogP contribution in [0.2, 0.25) is 0 Å². The number of halogens is 1. The number of ether oxygens (including phenoxy) is 1. The van der Waals surface area contributed by atoms with Gasteiger partial charge in [-0.25, -0.2) is 0 Å². The topological polar surface area (TPSA) is 36.9 Å². The van der Waals surface area contributed by atoms with Gasteiger partial charge in [-0.15, -0.1) is 24.0 Å². The van der Waals surface area contributed by atoms with Crippen molar-refractivity contribution >= 4 is 41.7 Å². The molecule has 1 aromatic rings. The third-order valence-electron chi connectivity index (χ3n) is 4.48. The van der Waals surface area contributed by atoms with Gasteiger partial charge in [0.1, 0.15) is 5.75 Å². The van der Waals surface area contributed by atoms with Gasteiger partial charge in [0.2, 0.25) is 0 Å². The second-order valence-electron chi connectivity index (χ2n) is 7.06. The summed E-state index contributed by atoms with van der Waals surface area (Å²) >= 11 is 2.06. The molecule has 0 aromatic heterocycles. The maximum atomic E-state index is 5.58. The van der Waals surface area contributed by atoms with Crippen LogP contribution in [0.5, 0.6) is 5.75 Å². The number of guanidine groups is 1. The molecule has 0 spiro atoms. The maximum absolute atomic E-state index is 5.58. The highest BCUT2D eigenvalue weighted by Gasteiger charge is 2.28. The molecular weight excluding hydrogens is 445 g/mol. The first-order chi connectivity index (χ1) is 11.6. The standard InChI is InChI=1S/C19H29N3OS.HI/c1-4-20-18(22-10-12-24-19(2,3)14-22)21-9-7-15-5-6-17-16(13-15)8-11-23-17;/h5-6,13H,4,7-12,14H2,1-3H3,(H,20,21);1H. The lowest BCUT2D eigenvalue weighted by atomic mass is 10.1. The van der Waals surface area contributed by atoms with Crippen molar-refractivity contribution in [1.29, 1.82) is 0 Å². The van der Waals surface area contributed by atoms with Gasteiger partial charge in [0.05, 0.1) is 6.61 Å². The highest BCUT2D eigenvalue weighted by Crippen LogP contribution is 2.29. The van der Waals surface area contributed by atoms with Crippen molar-refractivity contribution in [3.63, 3.8) is 0 Å². The molecule has 1 saturated heterocycles. The first kappa shape index (κ1) is 20.7. The van der Waals surface area contributed by atoms with E-state index in [2.05, 4.69) is 60.9 Å². The highest BCUT2D eigenvalue weighted by molar-refractivity contribution is 14.0. The van der Waals surface area contributed by atoms with E-state index in [4.69, 9.17) is 9.73 Å². The Bertz CT molecular complexity index is 606. The van der Waals surface area contributed by atoms with Gasteiger partial charge >= 0.3 is 0 Å². The summed E-state index contributed by atoms with van der Waals surface area (Å²) in [5, 5.41) is 3.46. The summed E-state index contributed by atoms with van der Waals surface area (Å²) in [4.78, 5) is 7.30. The minimum atomic E-state index is 0. The number of nitrogens with one attached hydrogen (secondary N) is 1. The number of aliphatic imine (C=N–C) groups is 1. The molecule has 4 nitrogen and oxygen atoms in total. The molecular formula is C19H30IN3OS. The average molecular weight is 475 g/mol. The third-order valence-corrected chi connectivity index (χ3v) is 5.77. The molecule has 0 radical (unpaired) electrons. The van der Waals surface area contributed by atoms with Gasteiger partial charge in [-0.3, -0.25) is 4.99 Å². The number of rotatable bonds is 4. The lowest BCUT2D eigenvalue weighted by Crippen LogP contribution is -2.51. The molecule has 140 valence electrons. The molecule has 6 heteroatoms. The van der Waals surface area contributed by atoms with Crippen molar-refractivity contribution in [2.75, 3.05) is 38.5 Å². The molecule has 2 heterocycles. The predicted octanol–water partition coefficient (Wildman–Crippen LogP) is 3.57. The van der Waals surface area contributed by atoms with E-state index < -0.39 is 0 Å². The molecule has 0 saturated carbocycles. The molecule has 0 amide bonds. The summed E-state index contributed by atoms with van der Waals surface area (Å²) < 4.78 is 5.88. The van der Waals surface area contributed by atoms with E-state index in [1.165, 1.54) is 16.9 Å². The molecule has 0 aliphatic carbocycles. The smallest absolute Gasteiger partial charge is 0.193 e. The van der Waals surface area contributed by atoms with Gasteiger partial charge < -0.3 is 15.0 Å². The summed E-state index contributed by atoms with van der Waals surface area (Å²) in [7, 11) is 0. The molecule has 0 bridgehead atoms. The number of benzene rings is 1. The molecule has 1 N–H and O–H groups in total. The Balaban J connectivity index is 0.00000225. The summed E-state index contributed by atoms with van der Waals surface area (Å²) in [5.41, 5.74) is 2.70. The van der Waals surface area contributed by atoms with Crippen molar-refractivity contribution in [1.82, 2.24) is 10.2 Å². The van der Waals surface area contributed by atoms with E-state index in [-0.39, 0.29) is 24.0 Å². The maximum Gasteiger partial charge on any atom is 0.193 e. The normalized spacial score (nSPS) is 19.0. The Labute approximate surface area is 173 Å². The number of thioether (sulfide) groups is 1. The van der Waals surface area contributed by atoms with E-state index in [1.54, 1.807) is 0 Å². The number of nitrogens with zero attached hydrogens (tertiary/aromatic N) is 2. The van der Waals surface area contributed by atoms with Crippen LogP contribution in [0.25, 0.3) is 0 Å². The van der Waals surface area contributed by atoms with E-state index in [0.717, 1.165) is 57.3 Å². The Hall–Kier alpha value is -0.630. The van der Waals surface area contributed by atoms with Crippen molar-refractivity contribution in [2.45, 2.75) is 38.4 Å². The first-order valence-electron chi connectivity index (χ1n) is 8.99. The monoisotopic (exact) mass is 475 g/mol. The zero-order valence-electron chi connectivity index (χ0n) is 15.5. The summed E-state index contributed by atoms with van der Waals surface area (Å²) in [6, 6.07) is 6.57. The summed E-state index contributed by atoms with van der Waals surface area (Å²) in [5.74, 6) is 3.29. The zero-order chi connectivity index (χ0) is 17.0. The molecule has 3 rings (SSSR count).